The standard InChI is InChI=1S/C14H9F5N2O/c15-9-5-10(16)12(6-11(9)20)21-13(22)7-2-1-3-8(4-7)14(17,18)19/h1-6H,20H2,(H,21,22). The number of alkyl halides is 3. The number of hydrogen-bond donors (Lipinski definition) is 2. The van der Waals surface area contributed by atoms with Crippen molar-refractivity contribution in [3.05, 3.63) is 59.2 Å². The zero-order valence-electron chi connectivity index (χ0n) is 10.8. The Kier molecular flexibility index (Phi) is 4.03. The van der Waals surface area contributed by atoms with Crippen molar-refractivity contribution >= 4 is 17.3 Å². The molecule has 3 nitrogen and oxygen atoms in total. The molecule has 0 aliphatic carbocycles. The summed E-state index contributed by atoms with van der Waals surface area (Å²) in [7, 11) is 0. The molecule has 3 N–H and O–H groups in total. The van der Waals surface area contributed by atoms with Crippen LogP contribution in [-0.4, -0.2) is 5.91 Å². The Labute approximate surface area is 121 Å². The Bertz CT molecular complexity index is 728. The summed E-state index contributed by atoms with van der Waals surface area (Å²) in [5.41, 5.74) is 3.08. The molecule has 0 aromatic heterocycles. The Morgan fingerprint density at radius 1 is 1.05 bits per heavy atom. The SMILES string of the molecule is Nc1cc(NC(=O)c2cccc(C(F)(F)F)c2)c(F)cc1F. The van der Waals surface area contributed by atoms with E-state index in [0.29, 0.717) is 12.1 Å². The van der Waals surface area contributed by atoms with Gasteiger partial charge in [0.25, 0.3) is 5.91 Å². The lowest BCUT2D eigenvalue weighted by atomic mass is 10.1. The maximum atomic E-state index is 13.5. The van der Waals surface area contributed by atoms with Gasteiger partial charge in [0.1, 0.15) is 11.6 Å². The Balaban J connectivity index is 2.29. The Morgan fingerprint density at radius 2 is 1.73 bits per heavy atom. The third-order valence-electron chi connectivity index (χ3n) is 2.79. The van der Waals surface area contributed by atoms with Crippen LogP contribution in [0.1, 0.15) is 15.9 Å². The molecule has 0 heterocycles. The van der Waals surface area contributed by atoms with Gasteiger partial charge < -0.3 is 11.1 Å². The zero-order chi connectivity index (χ0) is 16.5. The summed E-state index contributed by atoms with van der Waals surface area (Å²) < 4.78 is 64.2. The molecule has 0 bridgehead atoms. The lowest BCUT2D eigenvalue weighted by Gasteiger charge is -2.10. The van der Waals surface area contributed by atoms with Gasteiger partial charge in [0.2, 0.25) is 0 Å². The average molecular weight is 316 g/mol. The van der Waals surface area contributed by atoms with Crippen molar-refractivity contribution in [2.75, 3.05) is 11.1 Å². The third kappa shape index (κ3) is 3.33. The molecule has 8 heteroatoms. The molecule has 0 unspecified atom stereocenters. The van der Waals surface area contributed by atoms with E-state index in [1.165, 1.54) is 0 Å². The number of nitrogens with one attached hydrogen (secondary N) is 1. The molecular formula is C14H9F5N2O. The van der Waals surface area contributed by atoms with E-state index in [4.69, 9.17) is 5.73 Å². The lowest BCUT2D eigenvalue weighted by molar-refractivity contribution is -0.137. The number of nitrogens with two attached hydrogens (primary N) is 1. The number of anilines is 2. The van der Waals surface area contributed by atoms with Gasteiger partial charge in [-0.3, -0.25) is 4.79 Å². The van der Waals surface area contributed by atoms with Crippen molar-refractivity contribution in [2.45, 2.75) is 6.18 Å². The maximum Gasteiger partial charge on any atom is 0.416 e. The molecule has 0 saturated carbocycles. The summed E-state index contributed by atoms with van der Waals surface area (Å²) in [5.74, 6) is -3.07. The second-order valence-corrected chi connectivity index (χ2v) is 4.39. The summed E-state index contributed by atoms with van der Waals surface area (Å²) in [6, 6.07) is 4.92. The maximum absolute atomic E-state index is 13.5. The lowest BCUT2D eigenvalue weighted by Crippen LogP contribution is -2.15. The van der Waals surface area contributed by atoms with E-state index in [-0.39, 0.29) is 5.56 Å². The fourth-order valence-corrected chi connectivity index (χ4v) is 1.69. The summed E-state index contributed by atoms with van der Waals surface area (Å²) in [6.07, 6.45) is -4.61. The summed E-state index contributed by atoms with van der Waals surface area (Å²) in [6.45, 7) is 0. The minimum Gasteiger partial charge on any atom is -0.396 e. The fraction of sp³-hybridized carbons (Fsp3) is 0.0714. The van der Waals surface area contributed by atoms with E-state index < -0.39 is 40.7 Å². The van der Waals surface area contributed by atoms with E-state index in [2.05, 4.69) is 0 Å². The number of nitrogen functional groups attached to an aromatic ring is 1. The summed E-state index contributed by atoms with van der Waals surface area (Å²) in [4.78, 5) is 11.9. The van der Waals surface area contributed by atoms with Crippen molar-refractivity contribution in [3.8, 4) is 0 Å². The van der Waals surface area contributed by atoms with E-state index in [1.54, 1.807) is 0 Å². The van der Waals surface area contributed by atoms with Crippen LogP contribution in [0.3, 0.4) is 0 Å². The van der Waals surface area contributed by atoms with Crippen molar-refractivity contribution in [1.29, 1.82) is 0 Å². The smallest absolute Gasteiger partial charge is 0.396 e. The largest absolute Gasteiger partial charge is 0.416 e. The highest BCUT2D eigenvalue weighted by atomic mass is 19.4. The predicted molar refractivity (Wildman–Crippen MR) is 70.2 cm³/mol. The Morgan fingerprint density at radius 3 is 2.36 bits per heavy atom. The second-order valence-electron chi connectivity index (χ2n) is 4.39. The molecule has 2 aromatic rings. The molecule has 0 radical (unpaired) electrons. The van der Waals surface area contributed by atoms with E-state index in [1.807, 2.05) is 5.32 Å². The number of halogens is 5. The van der Waals surface area contributed by atoms with Crippen molar-refractivity contribution in [3.63, 3.8) is 0 Å². The normalized spacial score (nSPS) is 11.3. The molecule has 22 heavy (non-hydrogen) atoms. The van der Waals surface area contributed by atoms with Crippen LogP contribution in [0.5, 0.6) is 0 Å². The molecule has 0 spiro atoms. The predicted octanol–water partition coefficient (Wildman–Crippen LogP) is 3.82. The van der Waals surface area contributed by atoms with Gasteiger partial charge in [0.15, 0.2) is 0 Å². The van der Waals surface area contributed by atoms with Gasteiger partial charge in [-0.15, -0.1) is 0 Å². The van der Waals surface area contributed by atoms with Gasteiger partial charge >= 0.3 is 6.18 Å². The van der Waals surface area contributed by atoms with Crippen molar-refractivity contribution in [2.24, 2.45) is 0 Å². The number of carbonyl (C=O) groups excluding carboxylic acids is 1. The molecule has 116 valence electrons. The number of amides is 1. The first kappa shape index (κ1) is 15.7. The quantitative estimate of drug-likeness (QED) is 0.654. The molecule has 0 fully saturated rings. The topological polar surface area (TPSA) is 55.1 Å². The van der Waals surface area contributed by atoms with Gasteiger partial charge in [-0.2, -0.15) is 13.2 Å². The van der Waals surface area contributed by atoms with Crippen LogP contribution in [0.25, 0.3) is 0 Å². The van der Waals surface area contributed by atoms with Gasteiger partial charge in [-0.05, 0) is 24.3 Å². The minimum absolute atomic E-state index is 0.322. The van der Waals surface area contributed by atoms with Crippen LogP contribution < -0.4 is 11.1 Å². The van der Waals surface area contributed by atoms with E-state index in [9.17, 15) is 26.7 Å². The number of hydrogen-bond acceptors (Lipinski definition) is 2. The van der Waals surface area contributed by atoms with Gasteiger partial charge in [-0.1, -0.05) is 6.07 Å². The second kappa shape index (κ2) is 5.63. The minimum atomic E-state index is -4.61. The van der Waals surface area contributed by atoms with Crippen molar-refractivity contribution < 1.29 is 26.7 Å². The van der Waals surface area contributed by atoms with Crippen LogP contribution >= 0.6 is 0 Å². The first-order chi connectivity index (χ1) is 10.2. The van der Waals surface area contributed by atoms with Gasteiger partial charge in [-0.25, -0.2) is 8.78 Å². The van der Waals surface area contributed by atoms with Crippen molar-refractivity contribution in [1.82, 2.24) is 0 Å². The summed E-state index contributed by atoms with van der Waals surface area (Å²) >= 11 is 0. The molecule has 2 aromatic carbocycles. The highest BCUT2D eigenvalue weighted by Crippen LogP contribution is 2.30. The third-order valence-corrected chi connectivity index (χ3v) is 2.79. The van der Waals surface area contributed by atoms with E-state index >= 15 is 0 Å². The molecule has 0 saturated heterocycles. The van der Waals surface area contributed by atoms with E-state index in [0.717, 1.165) is 24.3 Å². The molecule has 1 amide bonds. The first-order valence-electron chi connectivity index (χ1n) is 5.91. The number of benzene rings is 2. The highest BCUT2D eigenvalue weighted by molar-refractivity contribution is 6.04. The van der Waals surface area contributed by atoms with Crippen LogP contribution in [0.15, 0.2) is 36.4 Å². The molecule has 2 rings (SSSR count). The van der Waals surface area contributed by atoms with Crippen LogP contribution in [-0.2, 0) is 6.18 Å². The van der Waals surface area contributed by atoms with Crippen LogP contribution in [0.4, 0.5) is 33.3 Å². The van der Waals surface area contributed by atoms with Gasteiger partial charge in [0.05, 0.1) is 16.9 Å². The Hall–Kier alpha value is -2.64. The molecular weight excluding hydrogens is 307 g/mol. The number of carbonyl (C=O) groups is 1. The first-order valence-corrected chi connectivity index (χ1v) is 5.91. The monoisotopic (exact) mass is 316 g/mol. The molecule has 0 aliphatic heterocycles. The van der Waals surface area contributed by atoms with Crippen LogP contribution in [0.2, 0.25) is 0 Å². The average Bonchev–Trinajstić information content (AvgIpc) is 2.44. The molecule has 0 aliphatic rings. The summed E-state index contributed by atoms with van der Waals surface area (Å²) in [5, 5.41) is 2.05. The van der Waals surface area contributed by atoms with Gasteiger partial charge in [0, 0.05) is 11.6 Å². The fourth-order valence-electron chi connectivity index (χ4n) is 1.69. The zero-order valence-corrected chi connectivity index (χ0v) is 10.8. The molecule has 0 atom stereocenters. The van der Waals surface area contributed by atoms with Crippen LogP contribution in [0, 0.1) is 11.6 Å². The highest BCUT2D eigenvalue weighted by Gasteiger charge is 2.30. The number of rotatable bonds is 2.